The number of fused-ring (bicyclic) bond motifs is 1. The highest BCUT2D eigenvalue weighted by molar-refractivity contribution is 7.20. The molecule has 1 aliphatic rings. The van der Waals surface area contributed by atoms with Crippen LogP contribution in [0.2, 0.25) is 0 Å². The first-order chi connectivity index (χ1) is 15.0. The van der Waals surface area contributed by atoms with E-state index in [2.05, 4.69) is 27.2 Å². The fourth-order valence-electron chi connectivity index (χ4n) is 3.74. The molecule has 1 aliphatic heterocycles. The molecule has 0 spiro atoms. The third-order valence-corrected chi connectivity index (χ3v) is 6.30. The van der Waals surface area contributed by atoms with Crippen molar-refractivity contribution in [3.63, 3.8) is 0 Å². The van der Waals surface area contributed by atoms with E-state index in [0.29, 0.717) is 22.4 Å². The fraction of sp³-hybridized carbons (Fsp3) is 0.429. The number of ether oxygens (including phenoxy) is 2. The maximum absolute atomic E-state index is 13.0. The van der Waals surface area contributed by atoms with Gasteiger partial charge in [-0.15, -0.1) is 5.10 Å². The van der Waals surface area contributed by atoms with Gasteiger partial charge in [0.1, 0.15) is 17.2 Å². The number of hydrogen-bond acceptors (Lipinski definition) is 8. The number of nitrogens with one attached hydrogen (secondary N) is 1. The summed E-state index contributed by atoms with van der Waals surface area (Å²) < 4.78 is 12.1. The first-order valence-electron chi connectivity index (χ1n) is 10.1. The maximum atomic E-state index is 13.0. The molecule has 0 aliphatic carbocycles. The van der Waals surface area contributed by atoms with Crippen LogP contribution in [0.15, 0.2) is 29.1 Å². The van der Waals surface area contributed by atoms with Crippen molar-refractivity contribution in [1.82, 2.24) is 19.9 Å². The Morgan fingerprint density at radius 3 is 2.87 bits per heavy atom. The number of carbonyl (C=O) groups is 1. The van der Waals surface area contributed by atoms with Gasteiger partial charge in [0.25, 0.3) is 11.5 Å². The third-order valence-electron chi connectivity index (χ3n) is 5.33. The Bertz CT molecular complexity index is 1160. The Morgan fingerprint density at radius 2 is 2.13 bits per heavy atom. The lowest BCUT2D eigenvalue weighted by Gasteiger charge is -2.30. The minimum Gasteiger partial charge on any atom is -0.497 e. The van der Waals surface area contributed by atoms with Gasteiger partial charge in [0, 0.05) is 31.3 Å². The summed E-state index contributed by atoms with van der Waals surface area (Å²) in [5, 5.41) is 8.22. The van der Waals surface area contributed by atoms with E-state index >= 15 is 0 Å². The molecule has 4 rings (SSSR count). The van der Waals surface area contributed by atoms with Gasteiger partial charge >= 0.3 is 0 Å². The SMILES string of the molecule is COc1ccc(OC)c(CNC(=O)c2cc(=O)nc3sc(N4CCC[C@@H](C)C4)nn23)c1. The maximum Gasteiger partial charge on any atom is 0.274 e. The molecule has 3 heterocycles. The van der Waals surface area contributed by atoms with Crippen molar-refractivity contribution >= 4 is 27.3 Å². The number of amides is 1. The van der Waals surface area contributed by atoms with Gasteiger partial charge in [-0.25, -0.2) is 0 Å². The van der Waals surface area contributed by atoms with Crippen molar-refractivity contribution in [2.45, 2.75) is 26.3 Å². The van der Waals surface area contributed by atoms with E-state index in [9.17, 15) is 9.59 Å². The van der Waals surface area contributed by atoms with Crippen molar-refractivity contribution < 1.29 is 14.3 Å². The lowest BCUT2D eigenvalue weighted by molar-refractivity contribution is 0.0943. The molecular weight excluding hydrogens is 418 g/mol. The van der Waals surface area contributed by atoms with Gasteiger partial charge in [-0.1, -0.05) is 18.3 Å². The number of rotatable bonds is 6. The van der Waals surface area contributed by atoms with Gasteiger partial charge in [-0.3, -0.25) is 9.59 Å². The smallest absolute Gasteiger partial charge is 0.274 e. The van der Waals surface area contributed by atoms with Crippen molar-refractivity contribution in [1.29, 1.82) is 0 Å². The van der Waals surface area contributed by atoms with Gasteiger partial charge in [-0.05, 0) is 37.0 Å². The first-order valence-corrected chi connectivity index (χ1v) is 10.9. The molecule has 1 atom stereocenters. The van der Waals surface area contributed by atoms with Crippen molar-refractivity contribution in [3.05, 3.63) is 45.9 Å². The Balaban J connectivity index is 1.60. The summed E-state index contributed by atoms with van der Waals surface area (Å²) in [6.07, 6.45) is 2.29. The lowest BCUT2D eigenvalue weighted by Crippen LogP contribution is -2.34. The van der Waals surface area contributed by atoms with E-state index in [0.717, 1.165) is 30.2 Å². The van der Waals surface area contributed by atoms with Crippen LogP contribution < -0.4 is 25.2 Å². The number of aromatic nitrogens is 3. The molecule has 1 amide bonds. The summed E-state index contributed by atoms with van der Waals surface area (Å²) in [6.45, 7) is 4.23. The van der Waals surface area contributed by atoms with Crippen LogP contribution in [0.5, 0.6) is 11.5 Å². The zero-order valence-corrected chi connectivity index (χ0v) is 18.6. The summed E-state index contributed by atoms with van der Waals surface area (Å²) in [4.78, 5) is 31.7. The van der Waals surface area contributed by atoms with E-state index in [1.165, 1.54) is 28.3 Å². The molecule has 1 N–H and O–H groups in total. The van der Waals surface area contributed by atoms with Crippen LogP contribution >= 0.6 is 11.3 Å². The molecule has 1 fully saturated rings. The van der Waals surface area contributed by atoms with Gasteiger partial charge in [0.2, 0.25) is 10.1 Å². The van der Waals surface area contributed by atoms with Gasteiger partial charge in [-0.2, -0.15) is 9.50 Å². The minimum absolute atomic E-state index is 0.157. The second-order valence-electron chi connectivity index (χ2n) is 7.61. The molecule has 0 bridgehead atoms. The normalized spacial score (nSPS) is 16.4. The van der Waals surface area contributed by atoms with E-state index in [4.69, 9.17) is 9.47 Å². The van der Waals surface area contributed by atoms with E-state index in [1.54, 1.807) is 32.4 Å². The molecule has 10 heteroatoms. The predicted octanol–water partition coefficient (Wildman–Crippen LogP) is 2.33. The van der Waals surface area contributed by atoms with Crippen LogP contribution in [0.3, 0.4) is 0 Å². The molecule has 2 aromatic heterocycles. The number of hydrogen-bond donors (Lipinski definition) is 1. The molecule has 0 saturated carbocycles. The molecule has 31 heavy (non-hydrogen) atoms. The van der Waals surface area contributed by atoms with Gasteiger partial charge in [0.05, 0.1) is 14.2 Å². The van der Waals surface area contributed by atoms with Crippen LogP contribution in [-0.4, -0.2) is 47.8 Å². The highest BCUT2D eigenvalue weighted by Crippen LogP contribution is 2.27. The Kier molecular flexibility index (Phi) is 6.08. The van der Waals surface area contributed by atoms with Crippen LogP contribution in [0.1, 0.15) is 35.8 Å². The number of anilines is 1. The van der Waals surface area contributed by atoms with E-state index < -0.39 is 11.5 Å². The topological polar surface area (TPSA) is 98.1 Å². The van der Waals surface area contributed by atoms with Crippen LogP contribution in [0.4, 0.5) is 5.13 Å². The van der Waals surface area contributed by atoms with Gasteiger partial charge < -0.3 is 19.7 Å². The zero-order chi connectivity index (χ0) is 22.0. The molecule has 164 valence electrons. The van der Waals surface area contributed by atoms with Crippen LogP contribution in [-0.2, 0) is 6.54 Å². The summed E-state index contributed by atoms with van der Waals surface area (Å²) in [6, 6.07) is 6.58. The van der Waals surface area contributed by atoms with Crippen molar-refractivity contribution in [2.75, 3.05) is 32.2 Å². The van der Waals surface area contributed by atoms with Crippen molar-refractivity contribution in [3.8, 4) is 11.5 Å². The monoisotopic (exact) mass is 443 g/mol. The van der Waals surface area contributed by atoms with Crippen molar-refractivity contribution in [2.24, 2.45) is 5.92 Å². The Morgan fingerprint density at radius 1 is 1.29 bits per heavy atom. The van der Waals surface area contributed by atoms with Crippen LogP contribution in [0, 0.1) is 5.92 Å². The van der Waals surface area contributed by atoms with Crippen LogP contribution in [0.25, 0.3) is 4.96 Å². The first kappa shape index (κ1) is 21.1. The molecule has 0 radical (unpaired) electrons. The van der Waals surface area contributed by atoms with Gasteiger partial charge in [0.15, 0.2) is 0 Å². The van der Waals surface area contributed by atoms with E-state index in [-0.39, 0.29) is 12.2 Å². The quantitative estimate of drug-likeness (QED) is 0.624. The number of carbonyl (C=O) groups excluding carboxylic acids is 1. The summed E-state index contributed by atoms with van der Waals surface area (Å²) in [5.41, 5.74) is 0.449. The third kappa shape index (κ3) is 4.48. The molecule has 3 aromatic rings. The minimum atomic E-state index is -0.466. The highest BCUT2D eigenvalue weighted by Gasteiger charge is 2.22. The number of piperidine rings is 1. The highest BCUT2D eigenvalue weighted by atomic mass is 32.1. The predicted molar refractivity (Wildman–Crippen MR) is 118 cm³/mol. The zero-order valence-electron chi connectivity index (χ0n) is 17.8. The second-order valence-corrected chi connectivity index (χ2v) is 8.55. The lowest BCUT2D eigenvalue weighted by atomic mass is 10.0. The second kappa shape index (κ2) is 8.93. The van der Waals surface area contributed by atoms with E-state index in [1.807, 2.05) is 0 Å². The average Bonchev–Trinajstić information content (AvgIpc) is 3.20. The average molecular weight is 444 g/mol. The summed E-state index contributed by atoms with van der Waals surface area (Å²) in [7, 11) is 3.14. The Hall–Kier alpha value is -3.14. The summed E-state index contributed by atoms with van der Waals surface area (Å²) >= 11 is 1.33. The number of methoxy groups -OCH3 is 2. The fourth-order valence-corrected chi connectivity index (χ4v) is 4.69. The molecular formula is C21H25N5O4S. The molecule has 1 saturated heterocycles. The Labute approximate surface area is 183 Å². The molecule has 9 nitrogen and oxygen atoms in total. The largest absolute Gasteiger partial charge is 0.497 e. The number of benzene rings is 1. The standard InChI is InChI=1S/C21H25N5O4S/c1-13-5-4-8-25(12-13)21-24-26-16(10-18(27)23-20(26)31-21)19(28)22-11-14-9-15(29-2)6-7-17(14)30-3/h6-7,9-10,13H,4-5,8,11-12H2,1-3H3,(H,22,28)/t13-/m1/s1. The molecule has 0 unspecified atom stereocenters. The summed E-state index contributed by atoms with van der Waals surface area (Å²) in [5.74, 6) is 1.46. The number of nitrogens with zero attached hydrogens (tertiary/aromatic N) is 4. The molecule has 1 aromatic carbocycles.